The average molecular weight is 617 g/mol. The molecule has 4 aromatic rings. The number of nitrogens with zero attached hydrogens (tertiary/aromatic N) is 5. The SMILES string of the molecule is [C-]#[N+]c1cc(CC(=O)C=C)cc(-c2nc(Nc3cccc(N4CCCCC4)c3)ncc2Cc2ccc(N3CCOCC3)c(F)c2)c1. The molecule has 1 N–H and O–H groups in total. The predicted molar refractivity (Wildman–Crippen MR) is 181 cm³/mol. The molecule has 46 heavy (non-hydrogen) atoms. The molecule has 0 atom stereocenters. The second-order valence-corrected chi connectivity index (χ2v) is 11.7. The third-order valence-corrected chi connectivity index (χ3v) is 8.43. The summed E-state index contributed by atoms with van der Waals surface area (Å²) in [7, 11) is 0. The zero-order chi connectivity index (χ0) is 31.9. The summed E-state index contributed by atoms with van der Waals surface area (Å²) in [6.07, 6.45) is 7.19. The molecule has 0 radical (unpaired) electrons. The largest absolute Gasteiger partial charge is 0.378 e. The molecule has 0 amide bonds. The molecule has 2 aliphatic rings. The molecule has 2 saturated heterocycles. The number of anilines is 4. The topological polar surface area (TPSA) is 75.0 Å². The van der Waals surface area contributed by atoms with E-state index in [1.165, 1.54) is 25.3 Å². The lowest BCUT2D eigenvalue weighted by Crippen LogP contribution is -2.36. The predicted octanol–water partition coefficient (Wildman–Crippen LogP) is 7.29. The Kier molecular flexibility index (Phi) is 9.65. The van der Waals surface area contributed by atoms with Crippen LogP contribution in [0.5, 0.6) is 0 Å². The third-order valence-electron chi connectivity index (χ3n) is 8.43. The number of ketones is 1. The Morgan fingerprint density at radius 2 is 1.83 bits per heavy atom. The van der Waals surface area contributed by atoms with E-state index in [2.05, 4.69) is 38.8 Å². The van der Waals surface area contributed by atoms with Crippen molar-refractivity contribution in [1.82, 2.24) is 9.97 Å². The number of benzene rings is 3. The molecular weight excluding hydrogens is 579 g/mol. The number of nitrogens with one attached hydrogen (secondary N) is 1. The first-order chi connectivity index (χ1) is 22.5. The number of hydrogen-bond donors (Lipinski definition) is 1. The number of allylic oxidation sites excluding steroid dienone is 1. The van der Waals surface area contributed by atoms with Crippen LogP contribution in [0.25, 0.3) is 16.1 Å². The summed E-state index contributed by atoms with van der Waals surface area (Å²) >= 11 is 0. The lowest BCUT2D eigenvalue weighted by molar-refractivity contribution is -0.114. The van der Waals surface area contributed by atoms with Crippen LogP contribution >= 0.6 is 0 Å². The van der Waals surface area contributed by atoms with E-state index in [4.69, 9.17) is 16.3 Å². The molecule has 2 aliphatic heterocycles. The maximum Gasteiger partial charge on any atom is 0.227 e. The number of aromatic nitrogens is 2. The van der Waals surface area contributed by atoms with E-state index >= 15 is 4.39 Å². The highest BCUT2D eigenvalue weighted by Crippen LogP contribution is 2.32. The van der Waals surface area contributed by atoms with E-state index in [1.807, 2.05) is 35.2 Å². The summed E-state index contributed by atoms with van der Waals surface area (Å²) in [4.78, 5) is 29.9. The first-order valence-corrected chi connectivity index (χ1v) is 15.8. The fourth-order valence-corrected chi connectivity index (χ4v) is 6.10. The van der Waals surface area contributed by atoms with Gasteiger partial charge in [0.1, 0.15) is 5.82 Å². The fourth-order valence-electron chi connectivity index (χ4n) is 6.10. The van der Waals surface area contributed by atoms with Crippen molar-refractivity contribution >= 4 is 34.5 Å². The van der Waals surface area contributed by atoms with Crippen LogP contribution in [0, 0.1) is 12.4 Å². The number of rotatable bonds is 10. The Morgan fingerprint density at radius 1 is 1.00 bits per heavy atom. The molecule has 8 nitrogen and oxygen atoms in total. The fraction of sp³-hybridized carbons (Fsp3) is 0.297. The Morgan fingerprint density at radius 3 is 2.59 bits per heavy atom. The second kappa shape index (κ2) is 14.4. The van der Waals surface area contributed by atoms with E-state index < -0.39 is 0 Å². The van der Waals surface area contributed by atoms with Crippen molar-refractivity contribution in [2.24, 2.45) is 0 Å². The van der Waals surface area contributed by atoms with Gasteiger partial charge in [-0.15, -0.1) is 0 Å². The quantitative estimate of drug-likeness (QED) is 0.148. The van der Waals surface area contributed by atoms with Crippen molar-refractivity contribution in [3.8, 4) is 11.3 Å². The van der Waals surface area contributed by atoms with E-state index in [1.54, 1.807) is 24.4 Å². The van der Waals surface area contributed by atoms with Crippen molar-refractivity contribution in [3.05, 3.63) is 113 Å². The van der Waals surface area contributed by atoms with Crippen LogP contribution in [0.15, 0.2) is 79.5 Å². The highest BCUT2D eigenvalue weighted by Gasteiger charge is 2.18. The molecule has 1 aromatic heterocycles. The Hall–Kier alpha value is -5.07. The highest BCUT2D eigenvalue weighted by atomic mass is 19.1. The molecule has 6 rings (SSSR count). The number of piperidine rings is 1. The summed E-state index contributed by atoms with van der Waals surface area (Å²) in [5.41, 5.74) is 6.54. The van der Waals surface area contributed by atoms with E-state index in [0.717, 1.165) is 35.6 Å². The normalized spacial score (nSPS) is 14.9. The number of carbonyl (C=O) groups is 1. The maximum atomic E-state index is 15.3. The number of carbonyl (C=O) groups excluding carboxylic acids is 1. The van der Waals surface area contributed by atoms with Gasteiger partial charge in [0.15, 0.2) is 11.5 Å². The van der Waals surface area contributed by atoms with Crippen LogP contribution in [-0.2, 0) is 22.4 Å². The molecule has 3 heterocycles. The molecule has 2 fully saturated rings. The van der Waals surface area contributed by atoms with Gasteiger partial charge in [-0.2, -0.15) is 0 Å². The summed E-state index contributed by atoms with van der Waals surface area (Å²) in [6.45, 7) is 15.8. The molecule has 0 unspecified atom stereocenters. The molecule has 0 aliphatic carbocycles. The lowest BCUT2D eigenvalue weighted by Gasteiger charge is -2.29. The van der Waals surface area contributed by atoms with Gasteiger partial charge in [0.2, 0.25) is 5.95 Å². The van der Waals surface area contributed by atoms with Crippen LogP contribution < -0.4 is 15.1 Å². The summed E-state index contributed by atoms with van der Waals surface area (Å²) < 4.78 is 20.8. The molecule has 0 bridgehead atoms. The summed E-state index contributed by atoms with van der Waals surface area (Å²) in [6, 6.07) is 18.9. The summed E-state index contributed by atoms with van der Waals surface area (Å²) in [5, 5.41) is 3.37. The zero-order valence-electron chi connectivity index (χ0n) is 25.8. The van der Waals surface area contributed by atoms with Gasteiger partial charge in [-0.05, 0) is 72.9 Å². The maximum absolute atomic E-state index is 15.3. The molecule has 0 spiro atoms. The number of morpholine rings is 1. The molecule has 3 aromatic carbocycles. The van der Waals surface area contributed by atoms with Crippen molar-refractivity contribution in [2.75, 3.05) is 54.5 Å². The minimum Gasteiger partial charge on any atom is -0.378 e. The number of hydrogen-bond acceptors (Lipinski definition) is 7. The second-order valence-electron chi connectivity index (χ2n) is 11.7. The van der Waals surface area contributed by atoms with Crippen molar-refractivity contribution in [1.29, 1.82) is 0 Å². The van der Waals surface area contributed by atoms with E-state index in [-0.39, 0.29) is 18.0 Å². The first kappa shape index (κ1) is 30.9. The van der Waals surface area contributed by atoms with E-state index in [0.29, 0.717) is 66.9 Å². The minimum atomic E-state index is -0.283. The van der Waals surface area contributed by atoms with Gasteiger partial charge in [-0.25, -0.2) is 19.2 Å². The van der Waals surface area contributed by atoms with Gasteiger partial charge >= 0.3 is 0 Å². The van der Waals surface area contributed by atoms with Gasteiger partial charge in [0.05, 0.1) is 31.2 Å². The average Bonchev–Trinajstić information content (AvgIpc) is 3.09. The van der Waals surface area contributed by atoms with Crippen molar-refractivity contribution in [3.63, 3.8) is 0 Å². The monoisotopic (exact) mass is 616 g/mol. The number of ether oxygens (including phenoxy) is 1. The van der Waals surface area contributed by atoms with Crippen LogP contribution in [-0.4, -0.2) is 55.1 Å². The standard InChI is InChI=1S/C37H37FN6O2/c1-3-33(45)21-27-19-28(23-31(20-27)39-2)36-29(18-26-10-11-35(34(38)22-26)44-14-16-46-17-15-44)25-40-37(42-36)41-30-8-7-9-32(24-30)43-12-5-4-6-13-43/h3,7-11,19-20,22-25H,1,4-6,12-18,21H2,(H,40,41,42). The third kappa shape index (κ3) is 7.41. The van der Waals surface area contributed by atoms with Crippen molar-refractivity contribution < 1.29 is 13.9 Å². The lowest BCUT2D eigenvalue weighted by atomic mass is 9.97. The van der Waals surface area contributed by atoms with Crippen LogP contribution in [0.1, 0.15) is 36.0 Å². The first-order valence-electron chi connectivity index (χ1n) is 15.8. The Balaban J connectivity index is 1.35. The Bertz CT molecular complexity index is 1770. The van der Waals surface area contributed by atoms with Gasteiger partial charge in [-0.1, -0.05) is 36.4 Å². The van der Waals surface area contributed by atoms with Gasteiger partial charge in [0.25, 0.3) is 0 Å². The smallest absolute Gasteiger partial charge is 0.227 e. The Labute approximate surface area is 269 Å². The van der Waals surface area contributed by atoms with E-state index in [9.17, 15) is 4.79 Å². The minimum absolute atomic E-state index is 0.128. The molecular formula is C37H37FN6O2. The molecule has 9 heteroatoms. The van der Waals surface area contributed by atoms with Gasteiger partial charge in [-0.3, -0.25) is 4.79 Å². The highest BCUT2D eigenvalue weighted by molar-refractivity contribution is 5.91. The van der Waals surface area contributed by atoms with Gasteiger partial charge in [0, 0.05) is 62.2 Å². The van der Waals surface area contributed by atoms with Crippen LogP contribution in [0.2, 0.25) is 0 Å². The molecule has 0 saturated carbocycles. The van der Waals surface area contributed by atoms with Crippen molar-refractivity contribution in [2.45, 2.75) is 32.1 Å². The zero-order valence-corrected chi connectivity index (χ0v) is 25.8. The van der Waals surface area contributed by atoms with Crippen LogP contribution in [0.3, 0.4) is 0 Å². The summed E-state index contributed by atoms with van der Waals surface area (Å²) in [5.74, 6) is -0.0166. The van der Waals surface area contributed by atoms with Gasteiger partial charge < -0.3 is 19.9 Å². The van der Waals surface area contributed by atoms with Crippen LogP contribution in [0.4, 0.5) is 33.1 Å². The molecule has 234 valence electrons. The number of halogens is 1.